The number of unbranched alkanes of at least 4 members (excludes halogenated alkanes) is 5. The molecule has 8 heteroatoms. The van der Waals surface area contributed by atoms with Gasteiger partial charge in [0.1, 0.15) is 5.82 Å². The van der Waals surface area contributed by atoms with Crippen LogP contribution in [0.3, 0.4) is 0 Å². The predicted molar refractivity (Wildman–Crippen MR) is 106 cm³/mol. The van der Waals surface area contributed by atoms with E-state index in [9.17, 15) is 14.0 Å². The summed E-state index contributed by atoms with van der Waals surface area (Å²) in [6, 6.07) is 5.63. The van der Waals surface area contributed by atoms with E-state index in [2.05, 4.69) is 22.1 Å². The molecule has 0 amide bonds. The van der Waals surface area contributed by atoms with Gasteiger partial charge in [-0.15, -0.1) is 10.2 Å². The summed E-state index contributed by atoms with van der Waals surface area (Å²) in [5.41, 5.74) is -0.115. The molecule has 3 rings (SSSR count). The molecule has 0 aliphatic heterocycles. The Labute approximate surface area is 161 Å². The highest BCUT2D eigenvalue weighted by molar-refractivity contribution is 5.71. The number of hydrogen-bond donors (Lipinski definition) is 0. The minimum Gasteiger partial charge on any atom is -0.275 e. The van der Waals surface area contributed by atoms with Crippen molar-refractivity contribution in [3.05, 3.63) is 50.9 Å². The summed E-state index contributed by atoms with van der Waals surface area (Å²) in [6.07, 6.45) is 6.52. The fourth-order valence-corrected chi connectivity index (χ4v) is 3.14. The molecular formula is C20H24FN5O2. The summed E-state index contributed by atoms with van der Waals surface area (Å²) in [7, 11) is 1.43. The van der Waals surface area contributed by atoms with Gasteiger partial charge in [-0.25, -0.2) is 14.2 Å². The van der Waals surface area contributed by atoms with Crippen LogP contribution >= 0.6 is 0 Å². The van der Waals surface area contributed by atoms with Gasteiger partial charge in [-0.2, -0.15) is 0 Å². The first kappa shape index (κ1) is 19.9. The molecule has 0 N–H and O–H groups in total. The maximum Gasteiger partial charge on any atom is 0.332 e. The molecule has 0 unspecified atom stereocenters. The first-order valence-electron chi connectivity index (χ1n) is 9.63. The van der Waals surface area contributed by atoms with E-state index in [1.807, 2.05) is 0 Å². The zero-order chi connectivity index (χ0) is 20.1. The molecule has 0 bridgehead atoms. The fourth-order valence-electron chi connectivity index (χ4n) is 3.14. The maximum absolute atomic E-state index is 13.1. The van der Waals surface area contributed by atoms with Gasteiger partial charge in [-0.3, -0.25) is 13.9 Å². The first-order chi connectivity index (χ1) is 13.5. The zero-order valence-electron chi connectivity index (χ0n) is 16.2. The van der Waals surface area contributed by atoms with E-state index in [-0.39, 0.29) is 22.8 Å². The largest absolute Gasteiger partial charge is 0.332 e. The number of fused-ring (bicyclic) bond motifs is 1. The standard InChI is InChI=1S/C20H24FN5O2/c1-3-4-5-6-7-8-13-26-18-16(19(27)25(2)20(26)28)22-17(23-24-18)14-9-11-15(21)12-10-14/h9-12H,3-8,13H2,1-2H3. The van der Waals surface area contributed by atoms with Gasteiger partial charge in [0.2, 0.25) is 0 Å². The molecule has 3 aromatic rings. The zero-order valence-corrected chi connectivity index (χ0v) is 16.2. The Kier molecular flexibility index (Phi) is 6.28. The van der Waals surface area contributed by atoms with E-state index in [1.165, 1.54) is 55.1 Å². The summed E-state index contributed by atoms with van der Waals surface area (Å²) in [4.78, 5) is 29.4. The highest BCUT2D eigenvalue weighted by atomic mass is 19.1. The van der Waals surface area contributed by atoms with Crippen molar-refractivity contribution in [1.82, 2.24) is 24.3 Å². The van der Waals surface area contributed by atoms with Gasteiger partial charge in [0.25, 0.3) is 5.56 Å². The molecule has 0 aliphatic carbocycles. The fraction of sp³-hybridized carbons (Fsp3) is 0.450. The number of halogens is 1. The highest BCUT2D eigenvalue weighted by Gasteiger charge is 2.15. The van der Waals surface area contributed by atoms with Crippen molar-refractivity contribution in [2.24, 2.45) is 7.05 Å². The molecule has 0 aliphatic rings. The van der Waals surface area contributed by atoms with E-state index >= 15 is 0 Å². The molecule has 0 saturated carbocycles. The average molecular weight is 385 g/mol. The Balaban J connectivity index is 1.94. The van der Waals surface area contributed by atoms with Crippen molar-refractivity contribution >= 4 is 11.2 Å². The Morgan fingerprint density at radius 1 is 0.964 bits per heavy atom. The van der Waals surface area contributed by atoms with Gasteiger partial charge in [-0.05, 0) is 30.7 Å². The van der Waals surface area contributed by atoms with E-state index in [4.69, 9.17) is 0 Å². The summed E-state index contributed by atoms with van der Waals surface area (Å²) in [6.45, 7) is 2.63. The number of rotatable bonds is 8. The van der Waals surface area contributed by atoms with Crippen LogP contribution in [0.2, 0.25) is 0 Å². The summed E-state index contributed by atoms with van der Waals surface area (Å²) >= 11 is 0. The molecule has 0 saturated heterocycles. The van der Waals surface area contributed by atoms with E-state index in [0.717, 1.165) is 23.8 Å². The Hall–Kier alpha value is -2.90. The van der Waals surface area contributed by atoms with Crippen LogP contribution in [0.4, 0.5) is 4.39 Å². The monoisotopic (exact) mass is 385 g/mol. The topological polar surface area (TPSA) is 82.7 Å². The lowest BCUT2D eigenvalue weighted by atomic mass is 10.1. The third-order valence-electron chi connectivity index (χ3n) is 4.79. The molecule has 0 fully saturated rings. The minimum atomic E-state index is -0.516. The van der Waals surface area contributed by atoms with Crippen molar-refractivity contribution in [2.45, 2.75) is 52.0 Å². The summed E-state index contributed by atoms with van der Waals surface area (Å²) in [5.74, 6) is -0.157. The van der Waals surface area contributed by atoms with E-state index < -0.39 is 11.2 Å². The summed E-state index contributed by atoms with van der Waals surface area (Å²) in [5, 5.41) is 8.17. The van der Waals surface area contributed by atoms with Crippen LogP contribution in [-0.2, 0) is 13.6 Å². The minimum absolute atomic E-state index is 0.0856. The molecule has 1 aromatic carbocycles. The molecule has 0 spiro atoms. The Bertz CT molecular complexity index is 1070. The van der Waals surface area contributed by atoms with Crippen molar-refractivity contribution in [2.75, 3.05) is 0 Å². The van der Waals surface area contributed by atoms with E-state index in [1.54, 1.807) is 0 Å². The SMILES string of the molecule is CCCCCCCCn1c(=O)n(C)c(=O)c2nc(-c3ccc(F)cc3)nnc21. The molecule has 7 nitrogen and oxygen atoms in total. The number of benzene rings is 1. The molecule has 2 heterocycles. The van der Waals surface area contributed by atoms with Crippen LogP contribution in [0.1, 0.15) is 45.4 Å². The van der Waals surface area contributed by atoms with Crippen LogP contribution < -0.4 is 11.2 Å². The highest BCUT2D eigenvalue weighted by Crippen LogP contribution is 2.16. The van der Waals surface area contributed by atoms with Crippen LogP contribution in [-0.4, -0.2) is 24.3 Å². The quantitative estimate of drug-likeness (QED) is 0.557. The van der Waals surface area contributed by atoms with Crippen molar-refractivity contribution in [3.8, 4) is 11.4 Å². The smallest absolute Gasteiger partial charge is 0.275 e. The molecule has 28 heavy (non-hydrogen) atoms. The maximum atomic E-state index is 13.1. The number of aromatic nitrogens is 5. The van der Waals surface area contributed by atoms with Crippen LogP contribution in [0.15, 0.2) is 33.9 Å². The lowest BCUT2D eigenvalue weighted by Crippen LogP contribution is -2.39. The van der Waals surface area contributed by atoms with Crippen LogP contribution in [0.5, 0.6) is 0 Å². The molecule has 148 valence electrons. The predicted octanol–water partition coefficient (Wildman–Crippen LogP) is 3.05. The molecule has 0 atom stereocenters. The Morgan fingerprint density at radius 2 is 1.64 bits per heavy atom. The lowest BCUT2D eigenvalue weighted by Gasteiger charge is -2.11. The molecule has 2 aromatic heterocycles. The first-order valence-corrected chi connectivity index (χ1v) is 9.63. The lowest BCUT2D eigenvalue weighted by molar-refractivity contribution is 0.536. The van der Waals surface area contributed by atoms with Crippen LogP contribution in [0, 0.1) is 5.82 Å². The van der Waals surface area contributed by atoms with Crippen molar-refractivity contribution in [3.63, 3.8) is 0 Å². The third-order valence-corrected chi connectivity index (χ3v) is 4.79. The van der Waals surface area contributed by atoms with Crippen LogP contribution in [0.25, 0.3) is 22.6 Å². The second kappa shape index (κ2) is 8.86. The summed E-state index contributed by atoms with van der Waals surface area (Å²) < 4.78 is 15.6. The third kappa shape index (κ3) is 4.16. The second-order valence-electron chi connectivity index (χ2n) is 6.88. The van der Waals surface area contributed by atoms with Crippen molar-refractivity contribution < 1.29 is 4.39 Å². The number of hydrogen-bond acceptors (Lipinski definition) is 5. The van der Waals surface area contributed by atoms with Gasteiger partial charge in [0.15, 0.2) is 17.0 Å². The van der Waals surface area contributed by atoms with E-state index in [0.29, 0.717) is 12.1 Å². The molecule has 0 radical (unpaired) electrons. The Morgan fingerprint density at radius 3 is 2.36 bits per heavy atom. The van der Waals surface area contributed by atoms with Gasteiger partial charge in [-0.1, -0.05) is 39.0 Å². The van der Waals surface area contributed by atoms with Gasteiger partial charge < -0.3 is 0 Å². The van der Waals surface area contributed by atoms with Gasteiger partial charge in [0, 0.05) is 19.2 Å². The average Bonchev–Trinajstić information content (AvgIpc) is 2.71. The molecular weight excluding hydrogens is 361 g/mol. The van der Waals surface area contributed by atoms with Gasteiger partial charge >= 0.3 is 5.69 Å². The number of nitrogens with zero attached hydrogens (tertiary/aromatic N) is 5. The van der Waals surface area contributed by atoms with Gasteiger partial charge in [0.05, 0.1) is 0 Å². The normalized spacial score (nSPS) is 11.2. The van der Waals surface area contributed by atoms with Crippen molar-refractivity contribution in [1.29, 1.82) is 0 Å². The number of aryl methyl sites for hydroxylation is 1. The second-order valence-corrected chi connectivity index (χ2v) is 6.88.